The molecule has 9 heteroatoms. The van der Waals surface area contributed by atoms with E-state index >= 15 is 0 Å². The first kappa shape index (κ1) is 23.3. The smallest absolute Gasteiger partial charge is 0.396 e. The number of alkyl halides is 3. The molecule has 142 valence electrons. The lowest BCUT2D eigenvalue weighted by Gasteiger charge is -2.13. The number of benzene rings is 1. The summed E-state index contributed by atoms with van der Waals surface area (Å²) in [5.74, 6) is 0.445. The Morgan fingerprint density at radius 3 is 2.40 bits per heavy atom. The van der Waals surface area contributed by atoms with Crippen molar-refractivity contribution >= 4 is 29.2 Å². The zero-order valence-electron chi connectivity index (χ0n) is 14.6. The van der Waals surface area contributed by atoms with E-state index in [0.29, 0.717) is 5.75 Å². The number of halogens is 3. The molecule has 0 heterocycles. The molecule has 1 rings (SSSR count). The van der Waals surface area contributed by atoms with Gasteiger partial charge >= 0.3 is 6.18 Å². The molecule has 0 aromatic heterocycles. The number of aliphatic hydroxyl groups excluding tert-OH is 1. The van der Waals surface area contributed by atoms with Gasteiger partial charge in [0.05, 0.1) is 11.5 Å². The highest BCUT2D eigenvalue weighted by molar-refractivity contribution is 7.98. The molecule has 0 aliphatic carbocycles. The molecular formula is C16H23F3N2O3S. The van der Waals surface area contributed by atoms with Crippen molar-refractivity contribution in [2.45, 2.75) is 20.0 Å². The van der Waals surface area contributed by atoms with Crippen LogP contribution >= 0.6 is 11.8 Å². The lowest BCUT2D eigenvalue weighted by Crippen LogP contribution is -2.10. The van der Waals surface area contributed by atoms with Crippen molar-refractivity contribution in [3.8, 4) is 0 Å². The summed E-state index contributed by atoms with van der Waals surface area (Å²) in [6.07, 6.45) is 0.154. The first-order valence-corrected chi connectivity index (χ1v) is 8.99. The summed E-state index contributed by atoms with van der Waals surface area (Å²) in [6, 6.07) is 1.61. The van der Waals surface area contributed by atoms with Crippen LogP contribution in [0.3, 0.4) is 0 Å². The molecule has 2 N–H and O–H groups in total. The van der Waals surface area contributed by atoms with Gasteiger partial charge in [-0.1, -0.05) is 26.0 Å². The lowest BCUT2D eigenvalue weighted by atomic mass is 10.0. The second kappa shape index (κ2) is 11.0. The van der Waals surface area contributed by atoms with E-state index in [9.17, 15) is 28.4 Å². The van der Waals surface area contributed by atoms with Crippen LogP contribution in [0.1, 0.15) is 25.0 Å². The zero-order chi connectivity index (χ0) is 19.6. The molecule has 1 unspecified atom stereocenters. The van der Waals surface area contributed by atoms with Gasteiger partial charge in [0.25, 0.3) is 5.69 Å². The Bertz CT molecular complexity index is 593. The van der Waals surface area contributed by atoms with Gasteiger partial charge in [-0.2, -0.15) is 24.9 Å². The van der Waals surface area contributed by atoms with E-state index in [1.54, 1.807) is 6.08 Å². The summed E-state index contributed by atoms with van der Waals surface area (Å²) in [5, 5.41) is 22.8. The van der Waals surface area contributed by atoms with Gasteiger partial charge in [0.15, 0.2) is 0 Å². The second-order valence-corrected chi connectivity index (χ2v) is 5.63. The molecule has 0 saturated carbocycles. The van der Waals surface area contributed by atoms with Crippen LogP contribution in [0.15, 0.2) is 18.2 Å². The van der Waals surface area contributed by atoms with Crippen molar-refractivity contribution in [1.82, 2.24) is 0 Å². The average Bonchev–Trinajstić information content (AvgIpc) is 2.58. The third-order valence-electron chi connectivity index (χ3n) is 3.10. The van der Waals surface area contributed by atoms with Gasteiger partial charge in [-0.3, -0.25) is 10.1 Å². The van der Waals surface area contributed by atoms with E-state index in [2.05, 4.69) is 5.32 Å². The predicted octanol–water partition coefficient (Wildman–Crippen LogP) is 4.67. The fourth-order valence-electron chi connectivity index (χ4n) is 1.96. The van der Waals surface area contributed by atoms with Crippen LogP contribution in [-0.2, 0) is 6.18 Å². The van der Waals surface area contributed by atoms with E-state index in [4.69, 9.17) is 0 Å². The van der Waals surface area contributed by atoms with Crippen LogP contribution in [0.2, 0.25) is 0 Å². The molecule has 1 aromatic rings. The third kappa shape index (κ3) is 6.95. The van der Waals surface area contributed by atoms with Crippen LogP contribution in [-0.4, -0.2) is 35.7 Å². The Hall–Kier alpha value is -1.74. The standard InChI is InChI=1S/C14H17F3N2O3S.C2H6/c1-18-12-6-11(14(15,16)17)13(19(21)22)5-10(12)4-3-9(7-20)8-23-2;1-2/h3-6,9,18,20H,7-8H2,1-2H3;1-2H3/b4-3+;. The summed E-state index contributed by atoms with van der Waals surface area (Å²) < 4.78 is 38.8. The highest BCUT2D eigenvalue weighted by atomic mass is 32.2. The number of aliphatic hydroxyl groups is 1. The Balaban J connectivity index is 0.00000277. The minimum absolute atomic E-state index is 0.116. The number of hydrogen-bond acceptors (Lipinski definition) is 5. The van der Waals surface area contributed by atoms with E-state index in [1.807, 2.05) is 20.1 Å². The molecule has 0 bridgehead atoms. The van der Waals surface area contributed by atoms with E-state index < -0.39 is 22.4 Å². The van der Waals surface area contributed by atoms with Gasteiger partial charge < -0.3 is 10.4 Å². The number of nitro groups is 1. The maximum absolute atomic E-state index is 12.9. The molecule has 0 aliphatic heterocycles. The van der Waals surface area contributed by atoms with Gasteiger partial charge in [-0.15, -0.1) is 0 Å². The van der Waals surface area contributed by atoms with E-state index in [-0.39, 0.29) is 23.8 Å². The van der Waals surface area contributed by atoms with Gasteiger partial charge in [0.1, 0.15) is 5.56 Å². The molecule has 0 radical (unpaired) electrons. The summed E-state index contributed by atoms with van der Waals surface area (Å²) in [7, 11) is 1.43. The summed E-state index contributed by atoms with van der Waals surface area (Å²) >= 11 is 1.51. The Kier molecular flexibility index (Phi) is 10.2. The first-order valence-electron chi connectivity index (χ1n) is 7.60. The molecular weight excluding hydrogens is 357 g/mol. The number of nitro benzene ring substituents is 1. The number of thioether (sulfide) groups is 1. The van der Waals surface area contributed by atoms with Crippen LogP contribution in [0, 0.1) is 16.0 Å². The topological polar surface area (TPSA) is 75.4 Å². The highest BCUT2D eigenvalue weighted by Gasteiger charge is 2.39. The van der Waals surface area contributed by atoms with Gasteiger partial charge in [0.2, 0.25) is 0 Å². The second-order valence-electron chi connectivity index (χ2n) is 4.72. The predicted molar refractivity (Wildman–Crippen MR) is 97.0 cm³/mol. The molecule has 5 nitrogen and oxygen atoms in total. The minimum Gasteiger partial charge on any atom is -0.396 e. The fourth-order valence-corrected chi connectivity index (χ4v) is 2.60. The van der Waals surface area contributed by atoms with Crippen molar-refractivity contribution in [3.05, 3.63) is 39.4 Å². The molecule has 0 amide bonds. The van der Waals surface area contributed by atoms with Crippen molar-refractivity contribution in [1.29, 1.82) is 0 Å². The molecule has 0 aliphatic rings. The molecule has 0 saturated heterocycles. The molecule has 0 fully saturated rings. The molecule has 25 heavy (non-hydrogen) atoms. The van der Waals surface area contributed by atoms with Crippen LogP contribution in [0.4, 0.5) is 24.5 Å². The summed E-state index contributed by atoms with van der Waals surface area (Å²) in [4.78, 5) is 9.88. The zero-order valence-corrected chi connectivity index (χ0v) is 15.4. The van der Waals surface area contributed by atoms with Crippen molar-refractivity contribution in [2.75, 3.05) is 31.0 Å². The minimum atomic E-state index is -4.82. The number of hydrogen-bond donors (Lipinski definition) is 2. The fraction of sp³-hybridized carbons (Fsp3) is 0.500. The summed E-state index contributed by atoms with van der Waals surface area (Å²) in [6.45, 7) is 3.88. The van der Waals surface area contributed by atoms with Crippen LogP contribution in [0.25, 0.3) is 6.08 Å². The van der Waals surface area contributed by atoms with E-state index in [1.165, 1.54) is 24.9 Å². The Labute approximate surface area is 149 Å². The molecule has 1 aromatic carbocycles. The van der Waals surface area contributed by atoms with Crippen LogP contribution in [0.5, 0.6) is 0 Å². The first-order chi connectivity index (χ1) is 11.7. The molecule has 1 atom stereocenters. The quantitative estimate of drug-likeness (QED) is 0.531. The third-order valence-corrected chi connectivity index (χ3v) is 3.86. The maximum Gasteiger partial charge on any atom is 0.423 e. The number of rotatable bonds is 7. The van der Waals surface area contributed by atoms with Crippen molar-refractivity contribution in [3.63, 3.8) is 0 Å². The van der Waals surface area contributed by atoms with Crippen molar-refractivity contribution < 1.29 is 23.2 Å². The number of nitrogens with zero attached hydrogens (tertiary/aromatic N) is 1. The maximum atomic E-state index is 12.9. The average molecular weight is 380 g/mol. The normalized spacial score (nSPS) is 12.5. The van der Waals surface area contributed by atoms with Crippen molar-refractivity contribution in [2.24, 2.45) is 5.92 Å². The SMILES string of the molecule is CC.CNc1cc(C(F)(F)F)c([N+](=O)[O-])cc1/C=C/C(CO)CSC. The number of anilines is 1. The Morgan fingerprint density at radius 1 is 1.40 bits per heavy atom. The van der Waals surface area contributed by atoms with Gasteiger partial charge in [-0.05, 0) is 12.3 Å². The largest absolute Gasteiger partial charge is 0.423 e. The summed E-state index contributed by atoms with van der Waals surface area (Å²) in [5.41, 5.74) is -1.92. The highest BCUT2D eigenvalue weighted by Crippen LogP contribution is 2.39. The Morgan fingerprint density at radius 2 is 2.00 bits per heavy atom. The monoisotopic (exact) mass is 380 g/mol. The molecule has 0 spiro atoms. The number of nitrogens with one attached hydrogen (secondary N) is 1. The van der Waals surface area contributed by atoms with Gasteiger partial charge in [-0.25, -0.2) is 0 Å². The lowest BCUT2D eigenvalue weighted by molar-refractivity contribution is -0.388. The van der Waals surface area contributed by atoms with E-state index in [0.717, 1.165) is 12.1 Å². The van der Waals surface area contributed by atoms with Crippen LogP contribution < -0.4 is 5.32 Å². The van der Waals surface area contributed by atoms with Gasteiger partial charge in [0, 0.05) is 36.0 Å².